The number of methoxy groups -OCH3 is 1. The van der Waals surface area contributed by atoms with Gasteiger partial charge in [-0.2, -0.15) is 0 Å². The van der Waals surface area contributed by atoms with E-state index in [1.54, 1.807) is 0 Å². The summed E-state index contributed by atoms with van der Waals surface area (Å²) in [6.07, 6.45) is 2.45. The summed E-state index contributed by atoms with van der Waals surface area (Å²) in [6.45, 7) is 2.25. The Kier molecular flexibility index (Phi) is 3.71. The number of rotatable bonds is 3. The van der Waals surface area contributed by atoms with Gasteiger partial charge in [0.2, 0.25) is 0 Å². The van der Waals surface area contributed by atoms with Crippen LogP contribution in [0.15, 0.2) is 24.3 Å². The number of esters is 1. The molecule has 2 rings (SSSR count). The van der Waals surface area contributed by atoms with Crippen LogP contribution in [0.4, 0.5) is 0 Å². The van der Waals surface area contributed by atoms with Gasteiger partial charge in [-0.15, -0.1) is 0 Å². The Morgan fingerprint density at radius 2 is 2.22 bits per heavy atom. The van der Waals surface area contributed by atoms with Gasteiger partial charge in [0.05, 0.1) is 19.1 Å². The van der Waals surface area contributed by atoms with Gasteiger partial charge in [0.1, 0.15) is 0 Å². The maximum Gasteiger partial charge on any atom is 0.307 e. The summed E-state index contributed by atoms with van der Waals surface area (Å²) < 4.78 is 4.84. The normalized spacial score (nSPS) is 26.5. The Balaban J connectivity index is 2.43. The highest BCUT2D eigenvalue weighted by molar-refractivity contribution is 5.71. The molecule has 0 amide bonds. The van der Waals surface area contributed by atoms with Crippen molar-refractivity contribution in [2.45, 2.75) is 37.6 Å². The van der Waals surface area contributed by atoms with E-state index in [1.165, 1.54) is 18.2 Å². The third kappa shape index (κ3) is 2.15. The molecule has 0 spiro atoms. The van der Waals surface area contributed by atoms with Crippen LogP contribution < -0.4 is 5.32 Å². The van der Waals surface area contributed by atoms with E-state index in [0.717, 1.165) is 12.8 Å². The number of fused-ring (bicyclic) bond motifs is 1. The number of ether oxygens (including phenoxy) is 1. The molecule has 18 heavy (non-hydrogen) atoms. The number of benzene rings is 1. The number of hydrogen-bond donors (Lipinski definition) is 1. The molecular weight excluding hydrogens is 226 g/mol. The van der Waals surface area contributed by atoms with E-state index in [-0.39, 0.29) is 11.5 Å². The van der Waals surface area contributed by atoms with E-state index in [9.17, 15) is 4.79 Å². The molecule has 1 aliphatic carbocycles. The second-order valence-electron chi connectivity index (χ2n) is 5.11. The number of hydrogen-bond acceptors (Lipinski definition) is 3. The number of carbonyl (C=O) groups is 1. The van der Waals surface area contributed by atoms with Gasteiger partial charge < -0.3 is 10.1 Å². The van der Waals surface area contributed by atoms with E-state index < -0.39 is 0 Å². The third-order valence-electron chi connectivity index (χ3n) is 4.16. The monoisotopic (exact) mass is 247 g/mol. The van der Waals surface area contributed by atoms with Gasteiger partial charge in [-0.05, 0) is 36.9 Å². The van der Waals surface area contributed by atoms with Crippen molar-refractivity contribution in [3.05, 3.63) is 35.4 Å². The van der Waals surface area contributed by atoms with Crippen molar-refractivity contribution in [2.75, 3.05) is 14.2 Å². The summed E-state index contributed by atoms with van der Waals surface area (Å²) >= 11 is 0. The van der Waals surface area contributed by atoms with E-state index in [0.29, 0.717) is 12.3 Å². The van der Waals surface area contributed by atoms with Gasteiger partial charge in [0.15, 0.2) is 0 Å². The lowest BCUT2D eigenvalue weighted by Gasteiger charge is -2.40. The fourth-order valence-electron chi connectivity index (χ4n) is 2.97. The van der Waals surface area contributed by atoms with E-state index in [2.05, 4.69) is 30.4 Å². The minimum absolute atomic E-state index is 0.159. The highest BCUT2D eigenvalue weighted by Gasteiger charge is 2.39. The molecular formula is C15H21NO2. The zero-order chi connectivity index (χ0) is 13.2. The first kappa shape index (κ1) is 13.1. The summed E-state index contributed by atoms with van der Waals surface area (Å²) in [5.74, 6) is 0.397. The van der Waals surface area contributed by atoms with Crippen LogP contribution >= 0.6 is 0 Å². The molecule has 1 aromatic carbocycles. The van der Waals surface area contributed by atoms with Gasteiger partial charge in [-0.3, -0.25) is 4.79 Å². The first-order valence-corrected chi connectivity index (χ1v) is 6.48. The molecule has 0 aliphatic heterocycles. The second kappa shape index (κ2) is 5.11. The Morgan fingerprint density at radius 1 is 1.50 bits per heavy atom. The average Bonchev–Trinajstić information content (AvgIpc) is 2.42. The summed E-state index contributed by atoms with van der Waals surface area (Å²) in [4.78, 5) is 11.7. The number of nitrogens with one attached hydrogen (secondary N) is 1. The highest BCUT2D eigenvalue weighted by atomic mass is 16.5. The lowest BCUT2D eigenvalue weighted by Crippen LogP contribution is -2.45. The topological polar surface area (TPSA) is 38.3 Å². The average molecular weight is 247 g/mol. The first-order valence-electron chi connectivity index (χ1n) is 6.48. The van der Waals surface area contributed by atoms with Crippen molar-refractivity contribution in [2.24, 2.45) is 0 Å². The lowest BCUT2D eigenvalue weighted by molar-refractivity contribution is -0.142. The Bertz CT molecular complexity index is 444. The molecule has 0 fully saturated rings. The van der Waals surface area contributed by atoms with Crippen molar-refractivity contribution in [1.82, 2.24) is 5.32 Å². The smallest absolute Gasteiger partial charge is 0.307 e. The quantitative estimate of drug-likeness (QED) is 0.834. The molecule has 1 N–H and O–H groups in total. The van der Waals surface area contributed by atoms with Crippen LogP contribution in [0.5, 0.6) is 0 Å². The lowest BCUT2D eigenvalue weighted by atomic mass is 9.71. The highest BCUT2D eigenvalue weighted by Crippen LogP contribution is 2.42. The van der Waals surface area contributed by atoms with Crippen molar-refractivity contribution < 1.29 is 9.53 Å². The summed E-state index contributed by atoms with van der Waals surface area (Å²) in [5.41, 5.74) is 2.33. The SMILES string of the molecule is CNC1(CC(=O)OC)CCC(C)c2ccccc21. The summed E-state index contributed by atoms with van der Waals surface area (Å²) in [5, 5.41) is 3.36. The van der Waals surface area contributed by atoms with E-state index >= 15 is 0 Å². The molecule has 0 bridgehead atoms. The Labute approximate surface area is 109 Å². The molecule has 1 aliphatic rings. The zero-order valence-electron chi connectivity index (χ0n) is 11.3. The molecule has 0 heterocycles. The van der Waals surface area contributed by atoms with Crippen LogP contribution in [0.2, 0.25) is 0 Å². The maximum absolute atomic E-state index is 11.7. The van der Waals surface area contributed by atoms with Gasteiger partial charge in [0.25, 0.3) is 0 Å². The number of carbonyl (C=O) groups excluding carboxylic acids is 1. The third-order valence-corrected chi connectivity index (χ3v) is 4.16. The molecule has 0 saturated carbocycles. The van der Waals surface area contributed by atoms with E-state index in [4.69, 9.17) is 4.74 Å². The van der Waals surface area contributed by atoms with Crippen LogP contribution in [-0.2, 0) is 15.1 Å². The Morgan fingerprint density at radius 3 is 2.89 bits per heavy atom. The molecule has 98 valence electrons. The van der Waals surface area contributed by atoms with Crippen LogP contribution in [0.3, 0.4) is 0 Å². The molecule has 1 aromatic rings. The molecule has 2 unspecified atom stereocenters. The largest absolute Gasteiger partial charge is 0.469 e. The maximum atomic E-state index is 11.7. The molecule has 0 radical (unpaired) electrons. The van der Waals surface area contributed by atoms with Gasteiger partial charge >= 0.3 is 5.97 Å². The van der Waals surface area contributed by atoms with Crippen molar-refractivity contribution in [1.29, 1.82) is 0 Å². The van der Waals surface area contributed by atoms with Gasteiger partial charge in [-0.1, -0.05) is 31.2 Å². The molecule has 3 heteroatoms. The van der Waals surface area contributed by atoms with Crippen LogP contribution in [-0.4, -0.2) is 20.1 Å². The zero-order valence-corrected chi connectivity index (χ0v) is 11.3. The fourth-order valence-corrected chi connectivity index (χ4v) is 2.97. The van der Waals surface area contributed by atoms with Crippen LogP contribution in [0.1, 0.15) is 43.2 Å². The molecule has 0 aromatic heterocycles. The molecule has 3 nitrogen and oxygen atoms in total. The minimum Gasteiger partial charge on any atom is -0.469 e. The van der Waals surface area contributed by atoms with Gasteiger partial charge in [-0.25, -0.2) is 0 Å². The first-order chi connectivity index (χ1) is 8.63. The standard InChI is InChI=1S/C15H21NO2/c1-11-8-9-15(16-2,10-14(17)18-3)13-7-5-4-6-12(11)13/h4-7,11,16H,8-10H2,1-3H3. The van der Waals surface area contributed by atoms with Crippen LogP contribution in [0.25, 0.3) is 0 Å². The van der Waals surface area contributed by atoms with Crippen molar-refractivity contribution in [3.63, 3.8) is 0 Å². The fraction of sp³-hybridized carbons (Fsp3) is 0.533. The van der Waals surface area contributed by atoms with Crippen LogP contribution in [0, 0.1) is 0 Å². The summed E-state index contributed by atoms with van der Waals surface area (Å²) in [7, 11) is 3.37. The predicted molar refractivity (Wildman–Crippen MR) is 71.5 cm³/mol. The predicted octanol–water partition coefficient (Wildman–Crippen LogP) is 2.56. The minimum atomic E-state index is -0.268. The van der Waals surface area contributed by atoms with Crippen molar-refractivity contribution in [3.8, 4) is 0 Å². The van der Waals surface area contributed by atoms with Crippen molar-refractivity contribution >= 4 is 5.97 Å². The molecule has 0 saturated heterocycles. The van der Waals surface area contributed by atoms with E-state index in [1.807, 2.05) is 13.1 Å². The Hall–Kier alpha value is -1.35. The van der Waals surface area contributed by atoms with Gasteiger partial charge in [0, 0.05) is 0 Å². The summed E-state index contributed by atoms with van der Waals surface area (Å²) in [6, 6.07) is 8.41. The second-order valence-corrected chi connectivity index (χ2v) is 5.11. The molecule has 2 atom stereocenters.